The molecule has 1 saturated heterocycles. The number of hydrogen-bond acceptors (Lipinski definition) is 2. The van der Waals surface area contributed by atoms with Crippen LogP contribution in [0.1, 0.15) is 37.3 Å². The average molecular weight is 216 g/mol. The van der Waals surface area contributed by atoms with Crippen molar-refractivity contribution >= 4 is 5.97 Å². The van der Waals surface area contributed by atoms with Crippen LogP contribution in [0.5, 0.6) is 0 Å². The summed E-state index contributed by atoms with van der Waals surface area (Å²) in [5, 5.41) is 0. The standard InChI is InChI=1S/C14H16O2/c1-10-9-14(16-13(10)15)8-4-6-11-5-2-3-7-12(11)14/h2-3,5,7,10H,4,6,8-9H2,1H3/t10-,14-/m1/s1. The van der Waals surface area contributed by atoms with E-state index in [9.17, 15) is 4.79 Å². The van der Waals surface area contributed by atoms with Crippen molar-refractivity contribution < 1.29 is 9.53 Å². The molecule has 1 spiro atoms. The molecule has 16 heavy (non-hydrogen) atoms. The first-order valence-corrected chi connectivity index (χ1v) is 6.02. The first-order valence-electron chi connectivity index (χ1n) is 6.02. The second-order valence-corrected chi connectivity index (χ2v) is 5.03. The Labute approximate surface area is 95.6 Å². The van der Waals surface area contributed by atoms with E-state index in [1.54, 1.807) is 0 Å². The number of fused-ring (bicyclic) bond motifs is 2. The molecule has 0 unspecified atom stereocenters. The third kappa shape index (κ3) is 1.29. The monoisotopic (exact) mass is 216 g/mol. The zero-order valence-corrected chi connectivity index (χ0v) is 9.53. The Morgan fingerprint density at radius 2 is 2.19 bits per heavy atom. The molecule has 0 aromatic heterocycles. The molecule has 2 heteroatoms. The fraction of sp³-hybridized carbons (Fsp3) is 0.500. The molecule has 1 aromatic carbocycles. The normalized spacial score (nSPS) is 32.6. The predicted octanol–water partition coefficient (Wildman–Crippen LogP) is 2.80. The third-order valence-electron chi connectivity index (χ3n) is 3.87. The van der Waals surface area contributed by atoms with Crippen molar-refractivity contribution in [1.29, 1.82) is 0 Å². The maximum absolute atomic E-state index is 11.6. The molecule has 2 nitrogen and oxygen atoms in total. The van der Waals surface area contributed by atoms with E-state index in [0.717, 1.165) is 25.7 Å². The number of benzene rings is 1. The van der Waals surface area contributed by atoms with Gasteiger partial charge >= 0.3 is 5.97 Å². The van der Waals surface area contributed by atoms with Gasteiger partial charge in [0.15, 0.2) is 0 Å². The van der Waals surface area contributed by atoms with Crippen LogP contribution in [-0.4, -0.2) is 5.97 Å². The minimum atomic E-state index is -0.300. The Balaban J connectivity index is 2.08. The lowest BCUT2D eigenvalue weighted by molar-refractivity contribution is -0.152. The molecule has 0 saturated carbocycles. The highest BCUT2D eigenvalue weighted by Gasteiger charge is 2.47. The SMILES string of the molecule is C[C@@H]1C[C@@]2(CCCc3ccccc32)OC1=O. The van der Waals surface area contributed by atoms with Crippen LogP contribution in [0.3, 0.4) is 0 Å². The van der Waals surface area contributed by atoms with Gasteiger partial charge in [0.2, 0.25) is 0 Å². The molecule has 3 rings (SSSR count). The summed E-state index contributed by atoms with van der Waals surface area (Å²) in [7, 11) is 0. The number of esters is 1. The van der Waals surface area contributed by atoms with E-state index >= 15 is 0 Å². The topological polar surface area (TPSA) is 26.3 Å². The Bertz CT molecular complexity index is 438. The van der Waals surface area contributed by atoms with Crippen LogP contribution in [0.15, 0.2) is 24.3 Å². The molecule has 0 radical (unpaired) electrons. The van der Waals surface area contributed by atoms with Gasteiger partial charge in [-0.3, -0.25) is 4.79 Å². The van der Waals surface area contributed by atoms with E-state index in [1.165, 1.54) is 11.1 Å². The Kier molecular flexibility index (Phi) is 2.06. The molecule has 0 N–H and O–H groups in total. The largest absolute Gasteiger partial charge is 0.454 e. The Morgan fingerprint density at radius 3 is 2.94 bits per heavy atom. The highest BCUT2D eigenvalue weighted by Crippen LogP contribution is 2.47. The molecule has 1 aliphatic carbocycles. The molecule has 1 heterocycles. The van der Waals surface area contributed by atoms with Crippen LogP contribution in [0.2, 0.25) is 0 Å². The molecule has 0 amide bonds. The van der Waals surface area contributed by atoms with Gasteiger partial charge in [0.05, 0.1) is 5.92 Å². The van der Waals surface area contributed by atoms with Crippen molar-refractivity contribution in [1.82, 2.24) is 0 Å². The van der Waals surface area contributed by atoms with Crippen LogP contribution in [0.25, 0.3) is 0 Å². The summed E-state index contributed by atoms with van der Waals surface area (Å²) in [6.07, 6.45) is 4.07. The number of carbonyl (C=O) groups excluding carboxylic acids is 1. The maximum atomic E-state index is 11.6. The molecule has 0 bridgehead atoms. The Hall–Kier alpha value is -1.31. The smallest absolute Gasteiger partial charge is 0.309 e. The van der Waals surface area contributed by atoms with Gasteiger partial charge in [-0.05, 0) is 30.4 Å². The van der Waals surface area contributed by atoms with Crippen LogP contribution >= 0.6 is 0 Å². The first kappa shape index (κ1) is 9.88. The minimum absolute atomic E-state index is 0.0308. The lowest BCUT2D eigenvalue weighted by Crippen LogP contribution is -2.30. The fourth-order valence-electron chi connectivity index (χ4n) is 3.11. The summed E-state index contributed by atoms with van der Waals surface area (Å²) in [6, 6.07) is 8.40. The highest BCUT2D eigenvalue weighted by molar-refractivity contribution is 5.75. The van der Waals surface area contributed by atoms with E-state index in [-0.39, 0.29) is 17.5 Å². The fourth-order valence-corrected chi connectivity index (χ4v) is 3.11. The average Bonchev–Trinajstić information content (AvgIpc) is 2.56. The van der Waals surface area contributed by atoms with Gasteiger partial charge in [0.25, 0.3) is 0 Å². The number of rotatable bonds is 0. The lowest BCUT2D eigenvalue weighted by atomic mass is 9.76. The minimum Gasteiger partial charge on any atom is -0.454 e. The van der Waals surface area contributed by atoms with Crippen molar-refractivity contribution in [3.8, 4) is 0 Å². The molecule has 1 aromatic rings. The Morgan fingerprint density at radius 1 is 1.38 bits per heavy atom. The number of hydrogen-bond donors (Lipinski definition) is 0. The van der Waals surface area contributed by atoms with Gasteiger partial charge in [-0.25, -0.2) is 0 Å². The molecule has 1 aliphatic heterocycles. The summed E-state index contributed by atoms with van der Waals surface area (Å²) in [5.74, 6) is 0.0165. The zero-order chi connectivity index (χ0) is 11.2. The van der Waals surface area contributed by atoms with Crippen molar-refractivity contribution in [2.75, 3.05) is 0 Å². The van der Waals surface area contributed by atoms with E-state index in [0.29, 0.717) is 0 Å². The molecular formula is C14H16O2. The maximum Gasteiger partial charge on any atom is 0.309 e. The number of aryl methyl sites for hydroxylation is 1. The summed E-state index contributed by atoms with van der Waals surface area (Å²) < 4.78 is 5.69. The summed E-state index contributed by atoms with van der Waals surface area (Å²) in [6.45, 7) is 1.97. The van der Waals surface area contributed by atoms with Crippen LogP contribution in [0, 0.1) is 5.92 Å². The van der Waals surface area contributed by atoms with Crippen molar-refractivity contribution in [3.63, 3.8) is 0 Å². The number of ether oxygens (including phenoxy) is 1. The quantitative estimate of drug-likeness (QED) is 0.623. The van der Waals surface area contributed by atoms with Crippen molar-refractivity contribution in [3.05, 3.63) is 35.4 Å². The van der Waals surface area contributed by atoms with E-state index in [4.69, 9.17) is 4.74 Å². The van der Waals surface area contributed by atoms with Gasteiger partial charge < -0.3 is 4.74 Å². The highest BCUT2D eigenvalue weighted by atomic mass is 16.6. The second-order valence-electron chi connectivity index (χ2n) is 5.03. The van der Waals surface area contributed by atoms with Gasteiger partial charge in [-0.15, -0.1) is 0 Å². The molecule has 2 atom stereocenters. The van der Waals surface area contributed by atoms with Crippen molar-refractivity contribution in [2.24, 2.45) is 5.92 Å². The van der Waals surface area contributed by atoms with Crippen LogP contribution in [-0.2, 0) is 21.6 Å². The molecule has 1 fully saturated rings. The first-order chi connectivity index (χ1) is 7.71. The van der Waals surface area contributed by atoms with Gasteiger partial charge in [-0.1, -0.05) is 31.2 Å². The second kappa shape index (κ2) is 3.34. The molecule has 2 aliphatic rings. The lowest BCUT2D eigenvalue weighted by Gasteiger charge is -2.34. The van der Waals surface area contributed by atoms with Gasteiger partial charge in [0.1, 0.15) is 5.60 Å². The van der Waals surface area contributed by atoms with Crippen molar-refractivity contribution in [2.45, 2.75) is 38.2 Å². The summed E-state index contributed by atoms with van der Waals surface area (Å²) in [5.41, 5.74) is 2.31. The molecule has 84 valence electrons. The predicted molar refractivity (Wildman–Crippen MR) is 60.9 cm³/mol. The van der Waals surface area contributed by atoms with E-state index < -0.39 is 0 Å². The van der Waals surface area contributed by atoms with Crippen LogP contribution in [0.4, 0.5) is 0 Å². The third-order valence-corrected chi connectivity index (χ3v) is 3.87. The van der Waals surface area contributed by atoms with E-state index in [2.05, 4.69) is 18.2 Å². The molecular weight excluding hydrogens is 200 g/mol. The summed E-state index contributed by atoms with van der Waals surface area (Å²) >= 11 is 0. The van der Waals surface area contributed by atoms with Gasteiger partial charge in [0, 0.05) is 6.42 Å². The van der Waals surface area contributed by atoms with Gasteiger partial charge in [-0.2, -0.15) is 0 Å². The van der Waals surface area contributed by atoms with E-state index in [1.807, 2.05) is 13.0 Å². The number of carbonyl (C=O) groups is 1. The summed E-state index contributed by atoms with van der Waals surface area (Å²) in [4.78, 5) is 11.6. The zero-order valence-electron chi connectivity index (χ0n) is 9.53. The van der Waals surface area contributed by atoms with Crippen LogP contribution < -0.4 is 0 Å².